The van der Waals surface area contributed by atoms with Crippen LogP contribution in [-0.4, -0.2) is 21.2 Å². The molecule has 7 heteroatoms. The molecular weight excluding hydrogens is 505 g/mol. The topological polar surface area (TPSA) is 57.6 Å². The molecule has 0 unspecified atom stereocenters. The number of imide groups is 1. The van der Waals surface area contributed by atoms with E-state index in [0.29, 0.717) is 8.48 Å². The summed E-state index contributed by atoms with van der Waals surface area (Å²) in [6.45, 7) is 0.245. The van der Waals surface area contributed by atoms with Crippen LogP contribution in [0.2, 0.25) is 0 Å². The summed E-state index contributed by atoms with van der Waals surface area (Å²) in [4.78, 5) is 26.3. The molecule has 4 nitrogen and oxygen atoms in total. The number of hydrogen-bond donors (Lipinski definition) is 1. The molecule has 0 spiro atoms. The lowest BCUT2D eigenvalue weighted by atomic mass is 10.2. The quantitative estimate of drug-likeness (QED) is 0.462. The van der Waals surface area contributed by atoms with Gasteiger partial charge in [0.15, 0.2) is 0 Å². The lowest BCUT2D eigenvalue weighted by molar-refractivity contribution is -0.123. The first-order chi connectivity index (χ1) is 11.4. The van der Waals surface area contributed by atoms with Gasteiger partial charge in [-0.2, -0.15) is 0 Å². The van der Waals surface area contributed by atoms with Crippen LogP contribution in [0.1, 0.15) is 11.1 Å². The van der Waals surface area contributed by atoms with Crippen molar-refractivity contribution < 1.29 is 14.7 Å². The predicted molar refractivity (Wildman–Crippen MR) is 106 cm³/mol. The highest BCUT2D eigenvalue weighted by molar-refractivity contribution is 14.1. The molecule has 0 saturated carbocycles. The van der Waals surface area contributed by atoms with Crippen LogP contribution in [0.5, 0.6) is 5.75 Å². The van der Waals surface area contributed by atoms with Crippen molar-refractivity contribution in [3.05, 3.63) is 66.5 Å². The van der Waals surface area contributed by atoms with Crippen molar-refractivity contribution in [3.63, 3.8) is 0 Å². The molecule has 0 radical (unpaired) electrons. The minimum Gasteiger partial charge on any atom is -0.507 e. The number of thioether (sulfide) groups is 1. The first kappa shape index (κ1) is 17.5. The summed E-state index contributed by atoms with van der Waals surface area (Å²) in [7, 11) is 0. The van der Waals surface area contributed by atoms with Gasteiger partial charge in [-0.1, -0.05) is 34.1 Å². The molecule has 1 aliphatic heterocycles. The molecule has 0 atom stereocenters. The highest BCUT2D eigenvalue weighted by Crippen LogP contribution is 2.34. The molecule has 0 aliphatic carbocycles. The molecule has 0 bridgehead atoms. The van der Waals surface area contributed by atoms with Crippen LogP contribution in [0.4, 0.5) is 4.79 Å². The molecule has 0 aromatic heterocycles. The van der Waals surface area contributed by atoms with E-state index in [1.54, 1.807) is 24.3 Å². The number of nitrogens with zero attached hydrogens (tertiary/aromatic N) is 1. The normalized spacial score (nSPS) is 16.2. The predicted octanol–water partition coefficient (Wildman–Crippen LogP) is 5.00. The third-order valence-electron chi connectivity index (χ3n) is 3.37. The van der Waals surface area contributed by atoms with Crippen LogP contribution < -0.4 is 0 Å². The van der Waals surface area contributed by atoms with E-state index in [0.717, 1.165) is 27.4 Å². The first-order valence-electron chi connectivity index (χ1n) is 6.92. The molecule has 2 aromatic rings. The Morgan fingerprint density at radius 2 is 2.00 bits per heavy atom. The van der Waals surface area contributed by atoms with Gasteiger partial charge >= 0.3 is 0 Å². The molecule has 122 valence electrons. The summed E-state index contributed by atoms with van der Waals surface area (Å²) in [5, 5.41) is 9.28. The van der Waals surface area contributed by atoms with E-state index in [2.05, 4.69) is 15.9 Å². The molecular formula is C17H11BrINO3S. The largest absolute Gasteiger partial charge is 0.507 e. The van der Waals surface area contributed by atoms with Crippen LogP contribution >= 0.6 is 50.3 Å². The summed E-state index contributed by atoms with van der Waals surface area (Å²) in [6.07, 6.45) is 1.67. The number of phenols is 1. The number of carbonyl (C=O) groups is 2. The number of halogens is 2. The Balaban J connectivity index is 1.83. The van der Waals surface area contributed by atoms with Gasteiger partial charge in [0.1, 0.15) is 5.75 Å². The van der Waals surface area contributed by atoms with E-state index in [1.807, 2.05) is 46.9 Å². The van der Waals surface area contributed by atoms with Crippen molar-refractivity contribution in [3.8, 4) is 5.75 Å². The minimum atomic E-state index is -0.298. The maximum absolute atomic E-state index is 12.5. The third-order valence-corrected chi connectivity index (χ3v) is 5.64. The van der Waals surface area contributed by atoms with E-state index in [4.69, 9.17) is 0 Å². The third kappa shape index (κ3) is 3.84. The number of amides is 2. The molecule has 1 heterocycles. The zero-order valence-electron chi connectivity index (χ0n) is 12.2. The van der Waals surface area contributed by atoms with Crippen LogP contribution in [0.25, 0.3) is 6.08 Å². The molecule has 24 heavy (non-hydrogen) atoms. The Bertz CT molecular complexity index is 869. The van der Waals surface area contributed by atoms with Crippen molar-refractivity contribution in [2.45, 2.75) is 6.54 Å². The monoisotopic (exact) mass is 515 g/mol. The molecule has 1 aliphatic rings. The smallest absolute Gasteiger partial charge is 0.293 e. The average Bonchev–Trinajstić information content (AvgIpc) is 2.79. The summed E-state index contributed by atoms with van der Waals surface area (Å²) < 4.78 is 1.59. The number of carbonyl (C=O) groups excluding carboxylic acids is 2. The fourth-order valence-corrected chi connectivity index (χ4v) is 4.04. The molecule has 3 rings (SSSR count). The second-order valence-electron chi connectivity index (χ2n) is 5.11. The summed E-state index contributed by atoms with van der Waals surface area (Å²) in [5.41, 5.74) is 1.65. The van der Waals surface area contributed by atoms with Gasteiger partial charge in [-0.25, -0.2) is 0 Å². The van der Waals surface area contributed by atoms with E-state index in [9.17, 15) is 14.7 Å². The highest BCUT2D eigenvalue weighted by atomic mass is 127. The maximum Gasteiger partial charge on any atom is 0.293 e. The Kier molecular flexibility index (Phi) is 5.31. The standard InChI is InChI=1S/C17H11BrINO3S/c18-12-3-1-2-11(6-12)9-20-16(22)15(24-17(20)23)8-10-4-5-14(21)13(19)7-10/h1-8,21H,9H2/b15-8-. The Morgan fingerprint density at radius 1 is 1.21 bits per heavy atom. The van der Waals surface area contributed by atoms with Gasteiger partial charge in [0.25, 0.3) is 11.1 Å². The summed E-state index contributed by atoms with van der Waals surface area (Å²) >= 11 is 6.33. The van der Waals surface area contributed by atoms with Gasteiger partial charge in [0, 0.05) is 4.47 Å². The van der Waals surface area contributed by atoms with Crippen LogP contribution in [0.3, 0.4) is 0 Å². The number of rotatable bonds is 3. The zero-order valence-corrected chi connectivity index (χ0v) is 16.8. The van der Waals surface area contributed by atoms with Crippen molar-refractivity contribution >= 4 is 67.5 Å². The summed E-state index contributed by atoms with van der Waals surface area (Å²) in [6, 6.07) is 12.6. The Labute approximate surface area is 165 Å². The second kappa shape index (κ2) is 7.28. The Hall–Kier alpha value is -1.32. The fourth-order valence-electron chi connectivity index (χ4n) is 2.22. The molecule has 1 fully saturated rings. The van der Waals surface area contributed by atoms with Crippen LogP contribution in [0, 0.1) is 3.57 Å². The van der Waals surface area contributed by atoms with Gasteiger partial charge in [0.05, 0.1) is 15.0 Å². The van der Waals surface area contributed by atoms with E-state index >= 15 is 0 Å². The van der Waals surface area contributed by atoms with Gasteiger partial charge in [0.2, 0.25) is 0 Å². The van der Waals surface area contributed by atoms with E-state index < -0.39 is 0 Å². The van der Waals surface area contributed by atoms with Crippen molar-refractivity contribution in [2.24, 2.45) is 0 Å². The lowest BCUT2D eigenvalue weighted by Crippen LogP contribution is -2.27. The number of aromatic hydroxyl groups is 1. The molecule has 1 saturated heterocycles. The maximum atomic E-state index is 12.5. The van der Waals surface area contributed by atoms with Crippen LogP contribution in [-0.2, 0) is 11.3 Å². The van der Waals surface area contributed by atoms with Gasteiger partial charge in [-0.15, -0.1) is 0 Å². The van der Waals surface area contributed by atoms with Gasteiger partial charge in [-0.3, -0.25) is 14.5 Å². The van der Waals surface area contributed by atoms with E-state index in [1.165, 1.54) is 4.90 Å². The SMILES string of the molecule is O=C1S/C(=C\c2ccc(O)c(I)c2)C(=O)N1Cc1cccc(Br)c1. The highest BCUT2D eigenvalue weighted by Gasteiger charge is 2.34. The fraction of sp³-hybridized carbons (Fsp3) is 0.0588. The van der Waals surface area contributed by atoms with E-state index in [-0.39, 0.29) is 23.4 Å². The van der Waals surface area contributed by atoms with Crippen molar-refractivity contribution in [1.29, 1.82) is 0 Å². The van der Waals surface area contributed by atoms with Gasteiger partial charge < -0.3 is 5.11 Å². The first-order valence-corrected chi connectivity index (χ1v) is 9.61. The molecule has 2 aromatic carbocycles. The molecule has 1 N–H and O–H groups in total. The molecule has 2 amide bonds. The number of hydrogen-bond acceptors (Lipinski definition) is 4. The van der Waals surface area contributed by atoms with Crippen LogP contribution in [0.15, 0.2) is 51.8 Å². The Morgan fingerprint density at radius 3 is 2.71 bits per heavy atom. The minimum absolute atomic E-state index is 0.190. The van der Waals surface area contributed by atoms with Crippen molar-refractivity contribution in [2.75, 3.05) is 0 Å². The van der Waals surface area contributed by atoms with Gasteiger partial charge in [-0.05, 0) is 75.8 Å². The number of phenolic OH excluding ortho intramolecular Hbond substituents is 1. The lowest BCUT2D eigenvalue weighted by Gasteiger charge is -2.12. The summed E-state index contributed by atoms with van der Waals surface area (Å²) in [5.74, 6) is -0.108. The average molecular weight is 516 g/mol. The second-order valence-corrected chi connectivity index (χ2v) is 8.18. The zero-order chi connectivity index (χ0) is 17.3. The number of benzene rings is 2. The van der Waals surface area contributed by atoms with Crippen molar-refractivity contribution in [1.82, 2.24) is 4.90 Å².